The van der Waals surface area contributed by atoms with Crippen LogP contribution in [0.4, 0.5) is 4.79 Å². The van der Waals surface area contributed by atoms with Crippen LogP contribution < -0.4 is 5.32 Å². The second-order valence-corrected chi connectivity index (χ2v) is 7.74. The van der Waals surface area contributed by atoms with Crippen molar-refractivity contribution in [3.05, 3.63) is 35.4 Å². The summed E-state index contributed by atoms with van der Waals surface area (Å²) < 4.78 is 0. The number of nitrogens with zero attached hydrogens (tertiary/aromatic N) is 1. The molecule has 5 nitrogen and oxygen atoms in total. The van der Waals surface area contributed by atoms with Crippen molar-refractivity contribution in [2.45, 2.75) is 44.7 Å². The Morgan fingerprint density at radius 3 is 2.25 bits per heavy atom. The number of rotatable bonds is 3. The lowest BCUT2D eigenvalue weighted by Gasteiger charge is -2.38. The molecular formula is C19H24N2O3. The molecule has 2 saturated carbocycles. The van der Waals surface area contributed by atoms with Crippen LogP contribution in [0.5, 0.6) is 0 Å². The first kappa shape index (κ1) is 15.5. The highest BCUT2D eigenvalue weighted by molar-refractivity contribution is 5.87. The van der Waals surface area contributed by atoms with Crippen LogP contribution in [-0.2, 0) is 6.54 Å². The van der Waals surface area contributed by atoms with Gasteiger partial charge in [-0.2, -0.15) is 0 Å². The van der Waals surface area contributed by atoms with Gasteiger partial charge >= 0.3 is 12.0 Å². The number of carbonyl (C=O) groups is 2. The second kappa shape index (κ2) is 6.11. The number of nitrogens with one attached hydrogen (secondary N) is 1. The minimum Gasteiger partial charge on any atom is -0.478 e. The number of amides is 2. The molecule has 0 radical (unpaired) electrons. The van der Waals surface area contributed by atoms with Gasteiger partial charge in [-0.3, -0.25) is 0 Å². The van der Waals surface area contributed by atoms with Crippen LogP contribution in [0.25, 0.3) is 0 Å². The Morgan fingerprint density at radius 2 is 1.62 bits per heavy atom. The van der Waals surface area contributed by atoms with Gasteiger partial charge in [0.25, 0.3) is 0 Å². The fourth-order valence-electron chi connectivity index (χ4n) is 5.08. The van der Waals surface area contributed by atoms with Gasteiger partial charge in [-0.1, -0.05) is 12.1 Å². The molecule has 24 heavy (non-hydrogen) atoms. The van der Waals surface area contributed by atoms with E-state index < -0.39 is 5.97 Å². The third kappa shape index (κ3) is 2.99. The number of urea groups is 1. The van der Waals surface area contributed by atoms with Gasteiger partial charge in [-0.15, -0.1) is 0 Å². The van der Waals surface area contributed by atoms with Crippen LogP contribution in [0.15, 0.2) is 24.3 Å². The number of benzene rings is 1. The molecule has 2 atom stereocenters. The largest absolute Gasteiger partial charge is 0.478 e. The summed E-state index contributed by atoms with van der Waals surface area (Å²) in [4.78, 5) is 25.6. The Bertz CT molecular complexity index is 629. The molecule has 4 fully saturated rings. The zero-order chi connectivity index (χ0) is 16.7. The molecule has 5 heteroatoms. The number of carbonyl (C=O) groups excluding carboxylic acids is 1. The van der Waals surface area contributed by atoms with Crippen LogP contribution in [0.2, 0.25) is 0 Å². The van der Waals surface area contributed by atoms with Crippen LogP contribution in [0.1, 0.15) is 48.0 Å². The first-order valence-electron chi connectivity index (χ1n) is 8.95. The highest BCUT2D eigenvalue weighted by Gasteiger charge is 2.43. The molecule has 2 amide bonds. The molecule has 0 aromatic heterocycles. The summed E-state index contributed by atoms with van der Waals surface area (Å²) in [5, 5.41) is 12.0. The van der Waals surface area contributed by atoms with Gasteiger partial charge in [-0.05, 0) is 67.6 Å². The number of carboxylic acids is 1. The molecule has 4 aliphatic rings. The molecule has 128 valence electrons. The fourth-order valence-corrected chi connectivity index (χ4v) is 5.08. The smallest absolute Gasteiger partial charge is 0.335 e. The zero-order valence-electron chi connectivity index (χ0n) is 13.8. The monoisotopic (exact) mass is 328 g/mol. The molecule has 1 aromatic rings. The highest BCUT2D eigenvalue weighted by atomic mass is 16.4. The Labute approximate surface area is 142 Å². The molecular weight excluding hydrogens is 304 g/mol. The van der Waals surface area contributed by atoms with Crippen molar-refractivity contribution in [2.24, 2.45) is 17.8 Å². The van der Waals surface area contributed by atoms with Gasteiger partial charge in [0, 0.05) is 19.1 Å². The number of hydrogen-bond donors (Lipinski definition) is 2. The van der Waals surface area contributed by atoms with Crippen LogP contribution in [0, 0.1) is 17.8 Å². The van der Waals surface area contributed by atoms with Gasteiger partial charge in [0.15, 0.2) is 0 Å². The summed E-state index contributed by atoms with van der Waals surface area (Å²) in [7, 11) is 0. The van der Waals surface area contributed by atoms with E-state index in [-0.39, 0.29) is 11.6 Å². The predicted molar refractivity (Wildman–Crippen MR) is 89.7 cm³/mol. The lowest BCUT2D eigenvalue weighted by molar-refractivity contribution is 0.0696. The molecule has 4 bridgehead atoms. The number of aromatic carboxylic acids is 1. The van der Waals surface area contributed by atoms with E-state index in [4.69, 9.17) is 5.11 Å². The first-order valence-corrected chi connectivity index (χ1v) is 8.95. The SMILES string of the molecule is O=C(O)c1ccc(CNC(=O)N2CC3CC4CC(C3)CC2C4)cc1. The van der Waals surface area contributed by atoms with Gasteiger partial charge in [0.05, 0.1) is 5.56 Å². The maximum absolute atomic E-state index is 12.7. The maximum atomic E-state index is 12.7. The molecule has 1 aromatic carbocycles. The third-order valence-corrected chi connectivity index (χ3v) is 6.01. The van der Waals surface area contributed by atoms with Crippen LogP contribution >= 0.6 is 0 Å². The van der Waals surface area contributed by atoms with Gasteiger partial charge in [0.2, 0.25) is 0 Å². The topological polar surface area (TPSA) is 69.6 Å². The standard InChI is InChI=1S/C19H24N2O3/c22-18(23)16-3-1-12(2-4-16)10-20-19(24)21-11-15-6-13-5-14(7-15)9-17(21)8-13/h1-4,13-15,17H,5-11H2,(H,20,24)(H,22,23). The number of hydrogen-bond acceptors (Lipinski definition) is 2. The molecule has 2 N–H and O–H groups in total. The molecule has 2 aliphatic carbocycles. The highest BCUT2D eigenvalue weighted by Crippen LogP contribution is 2.47. The van der Waals surface area contributed by atoms with Crippen molar-refractivity contribution in [2.75, 3.05) is 6.54 Å². The minimum absolute atomic E-state index is 0.0375. The summed E-state index contributed by atoms with van der Waals surface area (Å²) in [6, 6.07) is 7.14. The van der Waals surface area contributed by atoms with E-state index in [0.717, 1.165) is 23.9 Å². The van der Waals surface area contributed by atoms with Crippen molar-refractivity contribution in [1.82, 2.24) is 10.2 Å². The van der Waals surface area contributed by atoms with Crippen molar-refractivity contribution in [1.29, 1.82) is 0 Å². The Hall–Kier alpha value is -2.04. The molecule has 2 aliphatic heterocycles. The lowest BCUT2D eigenvalue weighted by atomic mass is 9.68. The van der Waals surface area contributed by atoms with Crippen molar-refractivity contribution in [3.63, 3.8) is 0 Å². The number of fused-ring (bicyclic) bond motifs is 1. The lowest BCUT2D eigenvalue weighted by Crippen LogP contribution is -2.47. The average molecular weight is 328 g/mol. The summed E-state index contributed by atoms with van der Waals surface area (Å²) in [6.07, 6.45) is 6.32. The zero-order valence-corrected chi connectivity index (χ0v) is 13.8. The Kier molecular flexibility index (Phi) is 3.94. The van der Waals surface area contributed by atoms with Crippen molar-refractivity contribution < 1.29 is 14.7 Å². The summed E-state index contributed by atoms with van der Waals surface area (Å²) in [6.45, 7) is 1.35. The van der Waals surface area contributed by atoms with Gasteiger partial charge in [-0.25, -0.2) is 9.59 Å². The summed E-state index contributed by atoms with van der Waals surface area (Å²) in [5.41, 5.74) is 1.19. The van der Waals surface area contributed by atoms with Crippen LogP contribution in [0.3, 0.4) is 0 Å². The van der Waals surface area contributed by atoms with Gasteiger partial charge in [0.1, 0.15) is 0 Å². The van der Waals surface area contributed by atoms with E-state index in [1.54, 1.807) is 24.3 Å². The summed E-state index contributed by atoms with van der Waals surface area (Å²) in [5.74, 6) is 1.41. The summed E-state index contributed by atoms with van der Waals surface area (Å²) >= 11 is 0. The fraction of sp³-hybridized carbons (Fsp3) is 0.579. The minimum atomic E-state index is -0.930. The number of carboxylic acid groups (broad SMARTS) is 1. The van der Waals surface area contributed by atoms with Crippen molar-refractivity contribution >= 4 is 12.0 Å². The molecule has 5 rings (SSSR count). The molecule has 2 unspecified atom stereocenters. The Balaban J connectivity index is 1.38. The quantitative estimate of drug-likeness (QED) is 0.896. The normalized spacial score (nSPS) is 30.9. The van der Waals surface area contributed by atoms with E-state index >= 15 is 0 Å². The third-order valence-electron chi connectivity index (χ3n) is 6.01. The van der Waals surface area contributed by atoms with E-state index in [1.165, 1.54) is 32.1 Å². The van der Waals surface area contributed by atoms with E-state index in [1.807, 2.05) is 0 Å². The van der Waals surface area contributed by atoms with E-state index in [0.29, 0.717) is 18.5 Å². The second-order valence-electron chi connectivity index (χ2n) is 7.74. The van der Waals surface area contributed by atoms with Gasteiger partial charge < -0.3 is 15.3 Å². The van der Waals surface area contributed by atoms with Crippen molar-refractivity contribution in [3.8, 4) is 0 Å². The van der Waals surface area contributed by atoms with E-state index in [2.05, 4.69) is 10.2 Å². The predicted octanol–water partition coefficient (Wildman–Crippen LogP) is 3.10. The molecule has 2 saturated heterocycles. The maximum Gasteiger partial charge on any atom is 0.335 e. The Morgan fingerprint density at radius 1 is 1.00 bits per heavy atom. The average Bonchev–Trinajstić information content (AvgIpc) is 2.76. The van der Waals surface area contributed by atoms with Crippen LogP contribution in [-0.4, -0.2) is 34.6 Å². The first-order chi connectivity index (χ1) is 11.6. The molecule has 0 spiro atoms. The molecule has 2 heterocycles. The van der Waals surface area contributed by atoms with E-state index in [9.17, 15) is 9.59 Å².